The van der Waals surface area contributed by atoms with Crippen LogP contribution >= 0.6 is 11.6 Å². The minimum absolute atomic E-state index is 0.141. The maximum absolute atomic E-state index is 15.3. The first-order valence-corrected chi connectivity index (χ1v) is 10.6. The third-order valence-corrected chi connectivity index (χ3v) is 6.82. The van der Waals surface area contributed by atoms with Gasteiger partial charge in [-0.3, -0.25) is 0 Å². The van der Waals surface area contributed by atoms with Crippen LogP contribution in [0.15, 0.2) is 30.4 Å². The molecule has 1 saturated carbocycles. The number of benzene rings is 2. The first-order chi connectivity index (χ1) is 13.9. The third kappa shape index (κ3) is 3.72. The van der Waals surface area contributed by atoms with E-state index in [0.717, 1.165) is 49.8 Å². The molecule has 2 aromatic carbocycles. The highest BCUT2D eigenvalue weighted by Crippen LogP contribution is 2.49. The van der Waals surface area contributed by atoms with Crippen molar-refractivity contribution in [2.24, 2.45) is 11.8 Å². The van der Waals surface area contributed by atoms with Gasteiger partial charge in [0.05, 0.1) is 5.56 Å². The van der Waals surface area contributed by atoms with Crippen molar-refractivity contribution in [2.45, 2.75) is 51.4 Å². The van der Waals surface area contributed by atoms with Crippen LogP contribution in [0.4, 0.5) is 17.6 Å². The van der Waals surface area contributed by atoms with Crippen molar-refractivity contribution in [3.63, 3.8) is 0 Å². The molecule has 0 N–H and O–H groups in total. The number of rotatable bonds is 3. The number of fused-ring (bicyclic) bond motifs is 3. The maximum atomic E-state index is 15.3. The number of allylic oxidation sites excluding steroid dienone is 2. The Bertz CT molecular complexity index is 943. The SMILES string of the molecule is CCC=CC1CCC2c3cc(F)c(-c4cc(F)c(Cl)c(F)c4)c(F)c3CCC2C1. The summed E-state index contributed by atoms with van der Waals surface area (Å²) in [5.41, 5.74) is 0.669. The van der Waals surface area contributed by atoms with Crippen molar-refractivity contribution >= 4 is 11.6 Å². The molecule has 0 spiro atoms. The van der Waals surface area contributed by atoms with Crippen LogP contribution in [0, 0.1) is 35.1 Å². The van der Waals surface area contributed by atoms with E-state index < -0.39 is 28.3 Å². The lowest BCUT2D eigenvalue weighted by Crippen LogP contribution is -2.28. The normalized spacial score (nSPS) is 23.9. The molecule has 0 nitrogen and oxygen atoms in total. The molecular formula is C24H23ClF4. The van der Waals surface area contributed by atoms with E-state index in [9.17, 15) is 13.2 Å². The second-order valence-corrected chi connectivity index (χ2v) is 8.56. The van der Waals surface area contributed by atoms with Gasteiger partial charge in [0.2, 0.25) is 0 Å². The third-order valence-electron chi connectivity index (χ3n) is 6.46. The van der Waals surface area contributed by atoms with Gasteiger partial charge < -0.3 is 0 Å². The topological polar surface area (TPSA) is 0 Å². The zero-order chi connectivity index (χ0) is 20.7. The molecule has 3 atom stereocenters. The summed E-state index contributed by atoms with van der Waals surface area (Å²) < 4.78 is 58.0. The van der Waals surface area contributed by atoms with Gasteiger partial charge in [0.1, 0.15) is 28.3 Å². The van der Waals surface area contributed by atoms with Gasteiger partial charge in [0.25, 0.3) is 0 Å². The van der Waals surface area contributed by atoms with Gasteiger partial charge in [-0.05, 0) is 91.2 Å². The van der Waals surface area contributed by atoms with E-state index in [1.807, 2.05) is 0 Å². The molecule has 29 heavy (non-hydrogen) atoms. The van der Waals surface area contributed by atoms with Crippen LogP contribution in [0.5, 0.6) is 0 Å². The molecule has 0 bridgehead atoms. The summed E-state index contributed by atoms with van der Waals surface area (Å²) in [5, 5.41) is -0.677. The van der Waals surface area contributed by atoms with Gasteiger partial charge >= 0.3 is 0 Å². The average Bonchev–Trinajstić information content (AvgIpc) is 2.70. The monoisotopic (exact) mass is 422 g/mol. The van der Waals surface area contributed by atoms with Crippen molar-refractivity contribution < 1.29 is 17.6 Å². The zero-order valence-electron chi connectivity index (χ0n) is 16.3. The second kappa shape index (κ2) is 8.14. The molecule has 0 heterocycles. The molecule has 0 aromatic heterocycles. The Morgan fingerprint density at radius 2 is 1.72 bits per heavy atom. The van der Waals surface area contributed by atoms with E-state index in [2.05, 4.69) is 19.1 Å². The molecule has 4 rings (SSSR count). The molecule has 5 heteroatoms. The van der Waals surface area contributed by atoms with Crippen molar-refractivity contribution in [3.8, 4) is 11.1 Å². The molecule has 0 aliphatic heterocycles. The van der Waals surface area contributed by atoms with Crippen molar-refractivity contribution in [1.29, 1.82) is 0 Å². The summed E-state index contributed by atoms with van der Waals surface area (Å²) in [6.07, 6.45) is 9.79. The van der Waals surface area contributed by atoms with Crippen LogP contribution in [-0.2, 0) is 6.42 Å². The van der Waals surface area contributed by atoms with Crippen molar-refractivity contribution in [3.05, 3.63) is 69.8 Å². The largest absolute Gasteiger partial charge is 0.206 e. The molecule has 154 valence electrons. The summed E-state index contributed by atoms with van der Waals surface area (Å²) in [6, 6.07) is 3.16. The summed E-state index contributed by atoms with van der Waals surface area (Å²) >= 11 is 5.51. The molecule has 2 aliphatic rings. The highest BCUT2D eigenvalue weighted by atomic mass is 35.5. The fourth-order valence-electron chi connectivity index (χ4n) is 5.09. The van der Waals surface area contributed by atoms with Gasteiger partial charge in [-0.2, -0.15) is 0 Å². The molecule has 0 saturated heterocycles. The lowest BCUT2D eigenvalue weighted by molar-refractivity contribution is 0.234. The van der Waals surface area contributed by atoms with Crippen molar-refractivity contribution in [1.82, 2.24) is 0 Å². The first kappa shape index (κ1) is 20.5. The Morgan fingerprint density at radius 1 is 1.00 bits per heavy atom. The van der Waals surface area contributed by atoms with E-state index in [-0.39, 0.29) is 17.0 Å². The van der Waals surface area contributed by atoms with Crippen molar-refractivity contribution in [2.75, 3.05) is 0 Å². The lowest BCUT2D eigenvalue weighted by atomic mass is 9.65. The van der Waals surface area contributed by atoms with Crippen LogP contribution in [0.1, 0.15) is 56.1 Å². The number of hydrogen-bond acceptors (Lipinski definition) is 0. The zero-order valence-corrected chi connectivity index (χ0v) is 17.0. The van der Waals surface area contributed by atoms with Gasteiger partial charge in [-0.25, -0.2) is 17.6 Å². The Morgan fingerprint density at radius 3 is 2.41 bits per heavy atom. The van der Waals surface area contributed by atoms with E-state index in [1.165, 1.54) is 6.07 Å². The fraction of sp³-hybridized carbons (Fsp3) is 0.417. The Labute approximate surface area is 173 Å². The predicted molar refractivity (Wildman–Crippen MR) is 108 cm³/mol. The fourth-order valence-corrected chi connectivity index (χ4v) is 5.20. The van der Waals surface area contributed by atoms with Crippen LogP contribution in [-0.4, -0.2) is 0 Å². The molecule has 2 aromatic rings. The summed E-state index contributed by atoms with van der Waals surface area (Å²) in [4.78, 5) is 0. The Balaban J connectivity index is 1.71. The van der Waals surface area contributed by atoms with E-state index >= 15 is 4.39 Å². The summed E-state index contributed by atoms with van der Waals surface area (Å²) in [5.74, 6) is -2.46. The molecule has 0 amide bonds. The molecule has 2 aliphatic carbocycles. The summed E-state index contributed by atoms with van der Waals surface area (Å²) in [7, 11) is 0. The van der Waals surface area contributed by atoms with Gasteiger partial charge in [0.15, 0.2) is 0 Å². The predicted octanol–water partition coefficient (Wildman–Crippen LogP) is 7.98. The molecule has 0 radical (unpaired) electrons. The van der Waals surface area contributed by atoms with E-state index in [4.69, 9.17) is 11.6 Å². The smallest absolute Gasteiger partial charge is 0.145 e. The molecular weight excluding hydrogens is 400 g/mol. The molecule has 3 unspecified atom stereocenters. The standard InChI is InChI=1S/C24H23ClF4/c1-2-3-4-13-5-7-16-14(9-13)6-8-17-18(16)12-19(26)22(24(17)29)15-10-20(27)23(25)21(28)11-15/h3-4,10-14,16H,2,5-9H2,1H3. The Kier molecular flexibility index (Phi) is 5.74. The van der Waals surface area contributed by atoms with Crippen LogP contribution in [0.3, 0.4) is 0 Å². The van der Waals surface area contributed by atoms with E-state index in [0.29, 0.717) is 23.8 Å². The van der Waals surface area contributed by atoms with Gasteiger partial charge in [0, 0.05) is 0 Å². The maximum Gasteiger partial charge on any atom is 0.145 e. The average molecular weight is 423 g/mol. The van der Waals surface area contributed by atoms with Crippen LogP contribution < -0.4 is 0 Å². The quantitative estimate of drug-likeness (QED) is 0.267. The van der Waals surface area contributed by atoms with E-state index in [1.54, 1.807) is 0 Å². The Hall–Kier alpha value is -1.81. The van der Waals surface area contributed by atoms with Gasteiger partial charge in [-0.1, -0.05) is 30.7 Å². The second-order valence-electron chi connectivity index (χ2n) is 8.18. The molecule has 1 fully saturated rings. The summed E-state index contributed by atoms with van der Waals surface area (Å²) in [6.45, 7) is 2.11. The van der Waals surface area contributed by atoms with Crippen LogP contribution in [0.25, 0.3) is 11.1 Å². The number of halogens is 5. The highest BCUT2D eigenvalue weighted by Gasteiger charge is 2.37. The minimum atomic E-state index is -1.03. The lowest BCUT2D eigenvalue weighted by Gasteiger charge is -2.40. The number of hydrogen-bond donors (Lipinski definition) is 0. The van der Waals surface area contributed by atoms with Crippen LogP contribution in [0.2, 0.25) is 5.02 Å². The minimum Gasteiger partial charge on any atom is -0.206 e. The van der Waals surface area contributed by atoms with Gasteiger partial charge in [-0.15, -0.1) is 0 Å². The highest BCUT2D eigenvalue weighted by molar-refractivity contribution is 6.31. The first-order valence-electron chi connectivity index (χ1n) is 10.2.